The molecule has 150 valence electrons. The van der Waals surface area contributed by atoms with Crippen molar-refractivity contribution in [1.82, 2.24) is 24.8 Å². The molecule has 2 N–H and O–H groups in total. The van der Waals surface area contributed by atoms with Crippen molar-refractivity contribution < 1.29 is 9.53 Å². The van der Waals surface area contributed by atoms with Gasteiger partial charge in [-0.3, -0.25) is 9.36 Å². The number of ether oxygens (including phenoxy) is 1. The first-order valence-corrected chi connectivity index (χ1v) is 10.1. The van der Waals surface area contributed by atoms with Gasteiger partial charge in [-0.25, -0.2) is 15.0 Å². The van der Waals surface area contributed by atoms with Crippen molar-refractivity contribution in [2.45, 2.75) is 44.8 Å². The highest BCUT2D eigenvalue weighted by Gasteiger charge is 2.24. The Hall–Kier alpha value is -3.00. The number of anilines is 1. The Balaban J connectivity index is 1.45. The number of imidazole rings is 1. The van der Waals surface area contributed by atoms with Gasteiger partial charge in [-0.15, -0.1) is 0 Å². The Labute approximate surface area is 168 Å². The quantitative estimate of drug-likeness (QED) is 0.670. The summed E-state index contributed by atoms with van der Waals surface area (Å²) in [6.45, 7) is 3.54. The molecule has 1 aromatic carbocycles. The fraction of sp³-hybridized carbons (Fsp3) is 0.429. The second-order valence-corrected chi connectivity index (χ2v) is 7.77. The predicted molar refractivity (Wildman–Crippen MR) is 109 cm³/mol. The fourth-order valence-corrected chi connectivity index (χ4v) is 3.66. The molecule has 5 rings (SSSR count). The van der Waals surface area contributed by atoms with Crippen LogP contribution in [0.25, 0.3) is 16.9 Å². The maximum Gasteiger partial charge on any atom is 0.251 e. The van der Waals surface area contributed by atoms with Crippen molar-refractivity contribution in [2.24, 2.45) is 0 Å². The molecule has 1 saturated carbocycles. The zero-order chi connectivity index (χ0) is 19.8. The smallest absolute Gasteiger partial charge is 0.251 e. The maximum absolute atomic E-state index is 12.5. The molecule has 1 amide bonds. The SMILES string of the molecule is Cc1ccc(C(=O)NC2CC2)cc1-n1cnc2c(NCC3CCCO3)ncnc21. The molecular formula is C21H24N6O2. The molecule has 0 radical (unpaired) electrons. The molecule has 0 spiro atoms. The van der Waals surface area contributed by atoms with E-state index in [1.807, 2.05) is 29.7 Å². The van der Waals surface area contributed by atoms with E-state index in [9.17, 15) is 4.79 Å². The lowest BCUT2D eigenvalue weighted by atomic mass is 10.1. The number of aryl methyl sites for hydroxylation is 1. The summed E-state index contributed by atoms with van der Waals surface area (Å²) in [5.74, 6) is 0.663. The van der Waals surface area contributed by atoms with Crippen molar-refractivity contribution in [3.8, 4) is 5.69 Å². The van der Waals surface area contributed by atoms with Crippen LogP contribution in [0.3, 0.4) is 0 Å². The molecule has 1 atom stereocenters. The largest absolute Gasteiger partial charge is 0.376 e. The summed E-state index contributed by atoms with van der Waals surface area (Å²) in [6.07, 6.45) is 7.78. The minimum Gasteiger partial charge on any atom is -0.376 e. The van der Waals surface area contributed by atoms with Gasteiger partial charge in [0, 0.05) is 24.8 Å². The molecule has 8 heteroatoms. The fourth-order valence-electron chi connectivity index (χ4n) is 3.66. The van der Waals surface area contributed by atoms with E-state index >= 15 is 0 Å². The van der Waals surface area contributed by atoms with Crippen LogP contribution in [0.15, 0.2) is 30.9 Å². The minimum atomic E-state index is -0.0354. The van der Waals surface area contributed by atoms with Gasteiger partial charge in [-0.2, -0.15) is 0 Å². The van der Waals surface area contributed by atoms with Crippen molar-refractivity contribution in [2.75, 3.05) is 18.5 Å². The highest BCUT2D eigenvalue weighted by atomic mass is 16.5. The lowest BCUT2D eigenvalue weighted by Gasteiger charge is -2.12. The van der Waals surface area contributed by atoms with Gasteiger partial charge in [0.05, 0.1) is 11.8 Å². The number of carbonyl (C=O) groups is 1. The predicted octanol–water partition coefficient (Wildman–Crippen LogP) is 2.61. The summed E-state index contributed by atoms with van der Waals surface area (Å²) in [5, 5.41) is 6.39. The van der Waals surface area contributed by atoms with E-state index in [0.29, 0.717) is 35.1 Å². The van der Waals surface area contributed by atoms with E-state index in [2.05, 4.69) is 25.6 Å². The highest BCUT2D eigenvalue weighted by Crippen LogP contribution is 2.25. The topological polar surface area (TPSA) is 94.0 Å². The van der Waals surface area contributed by atoms with E-state index in [0.717, 1.165) is 43.5 Å². The first kappa shape index (κ1) is 18.1. The van der Waals surface area contributed by atoms with Crippen molar-refractivity contribution >= 4 is 22.9 Å². The molecule has 1 aliphatic carbocycles. The number of benzene rings is 1. The van der Waals surface area contributed by atoms with E-state index < -0.39 is 0 Å². The van der Waals surface area contributed by atoms with Crippen molar-refractivity contribution in [3.05, 3.63) is 42.0 Å². The standard InChI is InChI=1S/C21H24N6O2/c1-13-4-5-14(21(28)26-15-6-7-15)9-17(13)27-12-25-18-19(23-11-24-20(18)27)22-10-16-3-2-8-29-16/h4-5,9,11-12,15-16H,2-3,6-8,10H2,1H3,(H,26,28)(H,22,23,24). The van der Waals surface area contributed by atoms with Crippen LogP contribution < -0.4 is 10.6 Å². The number of aromatic nitrogens is 4. The molecular weight excluding hydrogens is 368 g/mol. The molecule has 8 nitrogen and oxygen atoms in total. The van der Waals surface area contributed by atoms with Crippen molar-refractivity contribution in [3.63, 3.8) is 0 Å². The summed E-state index contributed by atoms with van der Waals surface area (Å²) >= 11 is 0. The number of carbonyl (C=O) groups excluding carboxylic acids is 1. The van der Waals surface area contributed by atoms with Gasteiger partial charge < -0.3 is 15.4 Å². The van der Waals surface area contributed by atoms with Gasteiger partial charge in [-0.05, 0) is 50.3 Å². The Morgan fingerprint density at radius 2 is 2.14 bits per heavy atom. The van der Waals surface area contributed by atoms with Crippen molar-refractivity contribution in [1.29, 1.82) is 0 Å². The Kier molecular flexibility index (Phi) is 4.63. The summed E-state index contributed by atoms with van der Waals surface area (Å²) in [6, 6.07) is 6.04. The molecule has 1 saturated heterocycles. The number of fused-ring (bicyclic) bond motifs is 1. The van der Waals surface area contributed by atoms with Crippen LogP contribution >= 0.6 is 0 Å². The lowest BCUT2D eigenvalue weighted by Crippen LogP contribution is -2.25. The molecule has 29 heavy (non-hydrogen) atoms. The van der Waals surface area contributed by atoms with Gasteiger partial charge >= 0.3 is 0 Å². The monoisotopic (exact) mass is 392 g/mol. The number of rotatable bonds is 6. The highest BCUT2D eigenvalue weighted by molar-refractivity contribution is 5.95. The third-order valence-corrected chi connectivity index (χ3v) is 5.50. The van der Waals surface area contributed by atoms with Crippen LogP contribution in [0.1, 0.15) is 41.6 Å². The third kappa shape index (κ3) is 3.67. The number of nitrogens with zero attached hydrogens (tertiary/aromatic N) is 4. The first-order valence-electron chi connectivity index (χ1n) is 10.1. The summed E-state index contributed by atoms with van der Waals surface area (Å²) < 4.78 is 7.59. The van der Waals surface area contributed by atoms with Crippen LogP contribution in [0.5, 0.6) is 0 Å². The number of amides is 1. The summed E-state index contributed by atoms with van der Waals surface area (Å²) in [4.78, 5) is 25.8. The first-order chi connectivity index (χ1) is 14.2. The zero-order valence-electron chi connectivity index (χ0n) is 16.4. The molecule has 2 aliphatic rings. The number of hydrogen-bond acceptors (Lipinski definition) is 6. The van der Waals surface area contributed by atoms with Crippen LogP contribution in [0.4, 0.5) is 5.82 Å². The molecule has 0 bridgehead atoms. The molecule has 2 fully saturated rings. The Morgan fingerprint density at radius 1 is 1.24 bits per heavy atom. The van der Waals surface area contributed by atoms with E-state index in [4.69, 9.17) is 4.74 Å². The van der Waals surface area contributed by atoms with Gasteiger partial charge in [0.2, 0.25) is 0 Å². The second-order valence-electron chi connectivity index (χ2n) is 7.77. The zero-order valence-corrected chi connectivity index (χ0v) is 16.4. The number of nitrogens with one attached hydrogen (secondary N) is 2. The van der Waals surface area contributed by atoms with Crippen LogP contribution in [-0.4, -0.2) is 50.7 Å². The van der Waals surface area contributed by atoms with E-state index in [-0.39, 0.29) is 12.0 Å². The number of hydrogen-bond donors (Lipinski definition) is 2. The lowest BCUT2D eigenvalue weighted by molar-refractivity contribution is 0.0951. The Bertz CT molecular complexity index is 1050. The molecule has 2 aromatic heterocycles. The third-order valence-electron chi connectivity index (χ3n) is 5.50. The van der Waals surface area contributed by atoms with E-state index in [1.165, 1.54) is 6.33 Å². The second kappa shape index (κ2) is 7.44. The molecule has 1 aliphatic heterocycles. The van der Waals surface area contributed by atoms with E-state index in [1.54, 1.807) is 6.33 Å². The van der Waals surface area contributed by atoms with Gasteiger partial charge in [-0.1, -0.05) is 6.07 Å². The molecule has 3 aromatic rings. The molecule has 3 heterocycles. The van der Waals surface area contributed by atoms with Crippen LogP contribution in [-0.2, 0) is 4.74 Å². The Morgan fingerprint density at radius 3 is 2.93 bits per heavy atom. The van der Waals surface area contributed by atoms with Crippen LogP contribution in [0.2, 0.25) is 0 Å². The average Bonchev–Trinajstić information content (AvgIpc) is 3.21. The normalized spacial score (nSPS) is 18.9. The van der Waals surface area contributed by atoms with Gasteiger partial charge in [0.15, 0.2) is 17.0 Å². The van der Waals surface area contributed by atoms with Gasteiger partial charge in [0.1, 0.15) is 12.7 Å². The average molecular weight is 392 g/mol. The summed E-state index contributed by atoms with van der Waals surface area (Å²) in [5.41, 5.74) is 3.99. The molecule has 1 unspecified atom stereocenters. The summed E-state index contributed by atoms with van der Waals surface area (Å²) in [7, 11) is 0. The van der Waals surface area contributed by atoms with Crippen LogP contribution in [0, 0.1) is 6.92 Å². The van der Waals surface area contributed by atoms with Gasteiger partial charge in [0.25, 0.3) is 5.91 Å². The maximum atomic E-state index is 12.5. The minimum absolute atomic E-state index is 0.0354.